The molecular weight excluding hydrogens is 184 g/mol. The van der Waals surface area contributed by atoms with Gasteiger partial charge in [-0.2, -0.15) is 0 Å². The molecule has 0 atom stereocenters. The van der Waals surface area contributed by atoms with E-state index in [4.69, 9.17) is 15.4 Å². The van der Waals surface area contributed by atoms with E-state index in [2.05, 4.69) is 9.87 Å². The normalized spacial score (nSPS) is 10.7. The fourth-order valence-corrected chi connectivity index (χ4v) is 1.18. The van der Waals surface area contributed by atoms with E-state index in [1.807, 2.05) is 6.20 Å². The van der Waals surface area contributed by atoms with Crippen LogP contribution in [-0.2, 0) is 27.5 Å². The fourth-order valence-electron chi connectivity index (χ4n) is 1.18. The van der Waals surface area contributed by atoms with Crippen molar-refractivity contribution in [1.29, 1.82) is 0 Å². The number of nitrogen functional groups attached to an aromatic ring is 1. The summed E-state index contributed by atoms with van der Waals surface area (Å²) in [5.74, 6) is 0. The van der Waals surface area contributed by atoms with Crippen molar-refractivity contribution in [2.45, 2.75) is 13.0 Å². The lowest BCUT2D eigenvalue weighted by atomic mass is 10.2. The number of aromatic amines is 1. The van der Waals surface area contributed by atoms with E-state index in [0.717, 1.165) is 23.4 Å². The Morgan fingerprint density at radius 2 is 2.21 bits per heavy atom. The maximum Gasteiger partial charge on any atom is 0.124 e. The lowest BCUT2D eigenvalue weighted by Crippen LogP contribution is -2.00. The molecule has 0 unspecified atom stereocenters. The highest BCUT2D eigenvalue weighted by Crippen LogP contribution is 2.18. The Bertz CT molecular complexity index is 248. The van der Waals surface area contributed by atoms with Crippen LogP contribution in [0.3, 0.4) is 0 Å². The zero-order valence-corrected chi connectivity index (χ0v) is 8.50. The Morgan fingerprint density at radius 3 is 2.86 bits per heavy atom. The Balaban J connectivity index is 2.55. The van der Waals surface area contributed by atoms with Crippen LogP contribution in [0.25, 0.3) is 0 Å². The van der Waals surface area contributed by atoms with E-state index < -0.39 is 0 Å². The van der Waals surface area contributed by atoms with Crippen LogP contribution in [0.1, 0.15) is 11.3 Å². The highest BCUT2D eigenvalue weighted by molar-refractivity contribution is 5.51. The van der Waals surface area contributed by atoms with E-state index in [1.54, 1.807) is 7.11 Å². The number of ether oxygens (including phenoxy) is 1. The van der Waals surface area contributed by atoms with E-state index in [-0.39, 0.29) is 0 Å². The summed E-state index contributed by atoms with van der Waals surface area (Å²) in [6.45, 7) is 0.988. The molecule has 3 N–H and O–H groups in total. The minimum Gasteiger partial charge on any atom is -0.397 e. The predicted molar refractivity (Wildman–Crippen MR) is 52.6 cm³/mol. The molecule has 0 saturated heterocycles. The van der Waals surface area contributed by atoms with Crippen LogP contribution in [0.15, 0.2) is 6.20 Å². The topological polar surface area (TPSA) is 69.5 Å². The van der Waals surface area contributed by atoms with Crippen LogP contribution in [0.2, 0.25) is 0 Å². The van der Waals surface area contributed by atoms with Crippen LogP contribution in [0.5, 0.6) is 0 Å². The molecule has 0 radical (unpaired) electrons. The monoisotopic (exact) mass is 200 g/mol. The van der Waals surface area contributed by atoms with Gasteiger partial charge in [0.1, 0.15) is 6.61 Å². The summed E-state index contributed by atoms with van der Waals surface area (Å²) in [7, 11) is 3.13. The second-order valence-corrected chi connectivity index (χ2v) is 2.88. The van der Waals surface area contributed by atoms with E-state index in [1.165, 1.54) is 7.11 Å². The minimum absolute atomic E-state index is 0.329. The molecule has 80 valence electrons. The van der Waals surface area contributed by atoms with E-state index >= 15 is 0 Å². The third-order valence-corrected chi connectivity index (χ3v) is 1.99. The first-order valence-corrected chi connectivity index (χ1v) is 4.38. The SMILES string of the molecule is COCCc1c[nH]c(COOC)c1N. The second-order valence-electron chi connectivity index (χ2n) is 2.88. The molecule has 1 rings (SSSR count). The Hall–Kier alpha value is -1.04. The first-order valence-electron chi connectivity index (χ1n) is 4.38. The van der Waals surface area contributed by atoms with Gasteiger partial charge in [-0.25, -0.2) is 9.78 Å². The molecule has 5 heteroatoms. The Kier molecular flexibility index (Phi) is 4.45. The molecule has 1 heterocycles. The van der Waals surface area contributed by atoms with Crippen LogP contribution in [0, 0.1) is 0 Å². The Morgan fingerprint density at radius 1 is 1.43 bits per heavy atom. The van der Waals surface area contributed by atoms with Gasteiger partial charge in [0.15, 0.2) is 0 Å². The zero-order valence-electron chi connectivity index (χ0n) is 8.50. The molecule has 1 aromatic heterocycles. The van der Waals surface area contributed by atoms with Crippen molar-refractivity contribution < 1.29 is 14.5 Å². The molecule has 5 nitrogen and oxygen atoms in total. The van der Waals surface area contributed by atoms with E-state index in [9.17, 15) is 0 Å². The molecule has 0 aromatic carbocycles. The lowest BCUT2D eigenvalue weighted by Gasteiger charge is -2.01. The highest BCUT2D eigenvalue weighted by atomic mass is 17.2. The summed E-state index contributed by atoms with van der Waals surface area (Å²) >= 11 is 0. The molecule has 1 aromatic rings. The van der Waals surface area contributed by atoms with Crippen molar-refractivity contribution in [3.63, 3.8) is 0 Å². The van der Waals surface area contributed by atoms with Gasteiger partial charge in [-0.15, -0.1) is 0 Å². The number of anilines is 1. The molecule has 0 bridgehead atoms. The number of methoxy groups -OCH3 is 1. The molecule has 14 heavy (non-hydrogen) atoms. The lowest BCUT2D eigenvalue weighted by molar-refractivity contribution is -0.282. The van der Waals surface area contributed by atoms with Gasteiger partial charge in [0.25, 0.3) is 0 Å². The summed E-state index contributed by atoms with van der Waals surface area (Å²) in [4.78, 5) is 12.3. The van der Waals surface area contributed by atoms with Crippen molar-refractivity contribution >= 4 is 5.69 Å². The molecule has 0 spiro atoms. The maximum atomic E-state index is 5.86. The summed E-state index contributed by atoms with van der Waals surface area (Å²) in [5, 5.41) is 0. The van der Waals surface area contributed by atoms with Crippen molar-refractivity contribution in [3.05, 3.63) is 17.5 Å². The molecule has 0 fully saturated rings. The summed E-state index contributed by atoms with van der Waals surface area (Å²) in [6, 6.07) is 0. The molecule has 0 amide bonds. The molecule has 0 aliphatic carbocycles. The largest absolute Gasteiger partial charge is 0.397 e. The number of H-pyrrole nitrogens is 1. The van der Waals surface area contributed by atoms with Crippen LogP contribution in [0.4, 0.5) is 5.69 Å². The molecule has 0 saturated carbocycles. The number of nitrogens with one attached hydrogen (secondary N) is 1. The van der Waals surface area contributed by atoms with Crippen molar-refractivity contribution in [2.75, 3.05) is 26.6 Å². The average molecular weight is 200 g/mol. The van der Waals surface area contributed by atoms with Gasteiger partial charge >= 0.3 is 0 Å². The van der Waals surface area contributed by atoms with Crippen molar-refractivity contribution in [2.24, 2.45) is 0 Å². The number of rotatable bonds is 6. The number of nitrogens with two attached hydrogens (primary N) is 1. The van der Waals surface area contributed by atoms with Crippen LogP contribution in [-0.4, -0.2) is 25.8 Å². The fraction of sp³-hybridized carbons (Fsp3) is 0.556. The smallest absolute Gasteiger partial charge is 0.124 e. The van der Waals surface area contributed by atoms with Gasteiger partial charge in [0.2, 0.25) is 0 Å². The van der Waals surface area contributed by atoms with Crippen LogP contribution >= 0.6 is 0 Å². The van der Waals surface area contributed by atoms with Gasteiger partial charge in [-0.05, 0) is 12.0 Å². The standard InChI is InChI=1S/C9H16N2O3/c1-12-4-3-7-5-11-8(9(7)10)6-14-13-2/h5,11H,3-4,6,10H2,1-2H3. The number of hydrogen-bond donors (Lipinski definition) is 2. The van der Waals surface area contributed by atoms with Gasteiger partial charge < -0.3 is 15.5 Å². The average Bonchev–Trinajstić information content (AvgIpc) is 2.54. The Labute approximate surface area is 83.1 Å². The summed E-state index contributed by atoms with van der Waals surface area (Å²) in [6.07, 6.45) is 2.66. The predicted octanol–water partition coefficient (Wildman–Crippen LogP) is 0.864. The van der Waals surface area contributed by atoms with Crippen molar-refractivity contribution in [3.8, 4) is 0 Å². The number of aromatic nitrogens is 1. The maximum absolute atomic E-state index is 5.86. The second kappa shape index (κ2) is 5.64. The zero-order chi connectivity index (χ0) is 10.4. The third-order valence-electron chi connectivity index (χ3n) is 1.99. The van der Waals surface area contributed by atoms with Crippen LogP contribution < -0.4 is 5.73 Å². The quantitative estimate of drug-likeness (QED) is 0.528. The molecule has 0 aliphatic rings. The molecule has 0 aliphatic heterocycles. The minimum atomic E-state index is 0.329. The van der Waals surface area contributed by atoms with Crippen molar-refractivity contribution in [1.82, 2.24) is 4.98 Å². The van der Waals surface area contributed by atoms with E-state index in [0.29, 0.717) is 13.2 Å². The van der Waals surface area contributed by atoms with Gasteiger partial charge in [0.05, 0.1) is 25.1 Å². The molecular formula is C9H16N2O3. The number of hydrogen-bond acceptors (Lipinski definition) is 4. The highest BCUT2D eigenvalue weighted by Gasteiger charge is 2.07. The summed E-state index contributed by atoms with van der Waals surface area (Å²) < 4.78 is 4.97. The first kappa shape index (κ1) is 11.0. The van der Waals surface area contributed by atoms with Gasteiger partial charge in [-0.1, -0.05) is 0 Å². The summed E-state index contributed by atoms with van der Waals surface area (Å²) in [5.41, 5.74) is 8.46. The first-order chi connectivity index (χ1) is 6.79. The van der Waals surface area contributed by atoms with Gasteiger partial charge in [-0.3, -0.25) is 0 Å². The van der Waals surface area contributed by atoms with Gasteiger partial charge in [0, 0.05) is 13.3 Å². The third kappa shape index (κ3) is 2.73.